The predicted octanol–water partition coefficient (Wildman–Crippen LogP) is 9.87. The summed E-state index contributed by atoms with van der Waals surface area (Å²) >= 11 is 0. The predicted molar refractivity (Wildman–Crippen MR) is 207 cm³/mol. The molecule has 1 unspecified atom stereocenters. The number of pyridine rings is 1. The van der Waals surface area contributed by atoms with Crippen LogP contribution in [0, 0.1) is 5.82 Å². The van der Waals surface area contributed by atoms with Crippen LogP contribution < -0.4 is 14.3 Å². The lowest BCUT2D eigenvalue weighted by Gasteiger charge is -2.25. The summed E-state index contributed by atoms with van der Waals surface area (Å²) < 4.78 is 40.3. The summed E-state index contributed by atoms with van der Waals surface area (Å²) in [4.78, 5) is 0. The van der Waals surface area contributed by atoms with Crippen molar-refractivity contribution in [1.29, 1.82) is 0 Å². The quantitative estimate of drug-likeness (QED) is 0.134. The van der Waals surface area contributed by atoms with Gasteiger partial charge in [0.05, 0.1) is 31.3 Å². The molecule has 51 heavy (non-hydrogen) atoms. The third kappa shape index (κ3) is 3.78. The Balaban J connectivity index is 1.51. The Morgan fingerprint density at radius 2 is 1.61 bits per heavy atom. The number of hydrogen-bond donors (Lipinski definition) is 0. The lowest BCUT2D eigenvalue weighted by atomic mass is 9.85. The molecule has 0 N–H and O–H groups in total. The first-order valence-electron chi connectivity index (χ1n) is 18.4. The van der Waals surface area contributed by atoms with Crippen molar-refractivity contribution in [3.8, 4) is 33.8 Å². The van der Waals surface area contributed by atoms with Crippen LogP contribution in [0.1, 0.15) is 44.7 Å². The van der Waals surface area contributed by atoms with E-state index < -0.39 is 19.6 Å². The van der Waals surface area contributed by atoms with Gasteiger partial charge in [-0.25, -0.2) is 8.96 Å². The minimum absolute atomic E-state index is 0.263. The van der Waals surface area contributed by atoms with Crippen LogP contribution in [0.4, 0.5) is 4.39 Å². The van der Waals surface area contributed by atoms with E-state index in [1.54, 1.807) is 6.07 Å². The van der Waals surface area contributed by atoms with Crippen LogP contribution in [-0.4, -0.2) is 12.6 Å². The van der Waals surface area contributed by atoms with Crippen molar-refractivity contribution < 1.29 is 19.3 Å². The molecule has 5 aromatic carbocycles. The van der Waals surface area contributed by atoms with Crippen molar-refractivity contribution in [3.63, 3.8) is 0 Å². The summed E-state index contributed by atoms with van der Waals surface area (Å²) in [7, 11) is -2.05. The topological polar surface area (TPSA) is 25.8 Å². The van der Waals surface area contributed by atoms with Crippen LogP contribution in [0.25, 0.3) is 66.7 Å². The van der Waals surface area contributed by atoms with Gasteiger partial charge in [0.25, 0.3) is 0 Å². The summed E-state index contributed by atoms with van der Waals surface area (Å²) in [6, 6.07) is 37.5. The Labute approximate surface area is 299 Å². The summed E-state index contributed by atoms with van der Waals surface area (Å²) in [5.74, 6) is -0.102. The molecule has 0 saturated carbocycles. The molecular formula is C45H40FN3OSi+2. The van der Waals surface area contributed by atoms with Crippen LogP contribution in [0.2, 0.25) is 19.6 Å². The summed E-state index contributed by atoms with van der Waals surface area (Å²) in [6.07, 6.45) is 2.29. The highest BCUT2D eigenvalue weighted by Crippen LogP contribution is 2.57. The van der Waals surface area contributed by atoms with Gasteiger partial charge in [-0.05, 0) is 65.9 Å². The number of furan rings is 1. The van der Waals surface area contributed by atoms with Gasteiger partial charge in [-0.1, -0.05) is 100 Å². The van der Waals surface area contributed by atoms with E-state index in [0.717, 1.165) is 84.4 Å². The highest BCUT2D eigenvalue weighted by Gasteiger charge is 2.67. The van der Waals surface area contributed by atoms with Gasteiger partial charge in [0.15, 0.2) is 22.8 Å². The molecule has 6 heteroatoms. The maximum absolute atomic E-state index is 16.8. The first-order chi connectivity index (χ1) is 25.0. The Hall–Kier alpha value is -5.33. The molecule has 2 aliphatic rings. The summed E-state index contributed by atoms with van der Waals surface area (Å²) in [5.41, 5.74) is 10.3. The highest BCUT2D eigenvalue weighted by atomic mass is 28.3. The molecule has 2 aliphatic heterocycles. The average Bonchev–Trinajstić information content (AvgIpc) is 3.84. The van der Waals surface area contributed by atoms with Crippen molar-refractivity contribution in [2.45, 2.75) is 58.5 Å². The molecule has 1 atom stereocenters. The first-order valence-corrected chi connectivity index (χ1v) is 21.4. The van der Waals surface area contributed by atoms with E-state index in [0.29, 0.717) is 5.56 Å². The molecule has 0 fully saturated rings. The van der Waals surface area contributed by atoms with Gasteiger partial charge >= 0.3 is 11.5 Å². The van der Waals surface area contributed by atoms with Gasteiger partial charge in [0.2, 0.25) is 5.69 Å². The summed E-state index contributed by atoms with van der Waals surface area (Å²) in [5, 5.41) is 3.35. The lowest BCUT2D eigenvalue weighted by Crippen LogP contribution is -2.61. The Bertz CT molecular complexity index is 2820. The molecule has 8 aromatic rings. The van der Waals surface area contributed by atoms with Gasteiger partial charge in [-0.2, -0.15) is 4.57 Å². The van der Waals surface area contributed by atoms with E-state index in [1.807, 2.05) is 26.0 Å². The molecule has 4 nitrogen and oxygen atoms in total. The number of fused-ring (bicyclic) bond motifs is 16. The molecule has 5 heterocycles. The molecule has 10 rings (SSSR count). The van der Waals surface area contributed by atoms with E-state index in [4.69, 9.17) is 4.42 Å². The molecule has 0 saturated heterocycles. The zero-order valence-corrected chi connectivity index (χ0v) is 30.8. The molecule has 0 amide bonds. The van der Waals surface area contributed by atoms with Crippen molar-refractivity contribution in [3.05, 3.63) is 138 Å². The molecular weight excluding hydrogens is 646 g/mol. The van der Waals surface area contributed by atoms with Gasteiger partial charge in [0, 0.05) is 23.4 Å². The fourth-order valence-electron chi connectivity index (χ4n) is 9.22. The Morgan fingerprint density at radius 3 is 2.37 bits per heavy atom. The minimum Gasteiger partial charge on any atom is -0.455 e. The normalized spacial score (nSPS) is 16.6. The number of imidazole rings is 1. The van der Waals surface area contributed by atoms with E-state index in [2.05, 4.69) is 137 Å². The monoisotopic (exact) mass is 686 g/mol. The largest absolute Gasteiger partial charge is 0.455 e. The van der Waals surface area contributed by atoms with Crippen LogP contribution in [0.3, 0.4) is 0 Å². The fourth-order valence-corrected chi connectivity index (χ4v) is 10.9. The van der Waals surface area contributed by atoms with E-state index >= 15 is 4.39 Å². The molecule has 3 aromatic heterocycles. The van der Waals surface area contributed by atoms with Crippen LogP contribution in [0.5, 0.6) is 0 Å². The Morgan fingerprint density at radius 1 is 0.863 bits per heavy atom. The zero-order valence-electron chi connectivity index (χ0n) is 30.8. The van der Waals surface area contributed by atoms with E-state index in [1.165, 1.54) is 5.19 Å². The molecule has 250 valence electrons. The van der Waals surface area contributed by atoms with Crippen molar-refractivity contribution in [2.75, 3.05) is 0 Å². The first kappa shape index (κ1) is 29.4. The van der Waals surface area contributed by atoms with Crippen LogP contribution >= 0.6 is 0 Å². The number of aromatic nitrogens is 3. The number of halogens is 1. The van der Waals surface area contributed by atoms with E-state index in [-0.39, 0.29) is 5.82 Å². The number of rotatable bonds is 4. The lowest BCUT2D eigenvalue weighted by molar-refractivity contribution is -0.734. The zero-order chi connectivity index (χ0) is 35.9. The van der Waals surface area contributed by atoms with Crippen molar-refractivity contribution >= 4 is 46.2 Å². The third-order valence-corrected chi connectivity index (χ3v) is 13.3. The summed E-state index contributed by atoms with van der Waals surface area (Å²) in [6.45, 7) is 13.9. The van der Waals surface area contributed by atoms with Crippen LogP contribution in [-0.2, 0) is 12.2 Å². The Kier molecular flexibility index (Phi) is 5.97. The SMILES string of the molecule is [2H]C(C)(C)c1cc2[n+](cc1[Si](C)(C)C)C1(c3cccc(F)c3-2)c2cc(-c3ccccc3)c3c(oc4ccccc43)c2-c2n1c1ccccc1[n+]2CC. The number of nitrogens with zero attached hydrogens (tertiary/aromatic N) is 3. The van der Waals surface area contributed by atoms with Gasteiger partial charge in [0.1, 0.15) is 17.0 Å². The fraction of sp³-hybridized carbons (Fsp3) is 0.200. The minimum atomic E-state index is -2.05. The standard InChI is InChI=1S/C45H40FN3OSi/c1-7-47-35-21-12-13-22-36(35)49-44(47)42-33(24-31(28-16-9-8-10-17-28)40-29-18-11-14-23-38(29)50-43(40)42)45(49)32-19-15-20-34(46)41(32)37-25-30(27(2)3)39(26-48(37)45)51(4,5)6/h8-27H,7H2,1-6H3/q+2/i27D. The smallest absolute Gasteiger partial charge is 0.365 e. The molecule has 0 aliphatic carbocycles. The van der Waals surface area contributed by atoms with Crippen LogP contribution in [0.15, 0.2) is 120 Å². The number of hydrogen-bond acceptors (Lipinski definition) is 1. The number of aryl methyl sites for hydroxylation is 1. The van der Waals surface area contributed by atoms with Crippen molar-refractivity contribution in [1.82, 2.24) is 4.57 Å². The van der Waals surface area contributed by atoms with Crippen molar-refractivity contribution in [2.24, 2.45) is 0 Å². The second-order valence-electron chi connectivity index (χ2n) is 15.3. The van der Waals surface area contributed by atoms with E-state index in [9.17, 15) is 1.37 Å². The van der Waals surface area contributed by atoms with Gasteiger partial charge < -0.3 is 4.42 Å². The molecule has 1 spiro atoms. The third-order valence-electron chi connectivity index (χ3n) is 11.3. The van der Waals surface area contributed by atoms with Gasteiger partial charge in [-0.3, -0.25) is 0 Å². The highest BCUT2D eigenvalue weighted by molar-refractivity contribution is 6.89. The second kappa shape index (κ2) is 10.4. The second-order valence-corrected chi connectivity index (χ2v) is 20.4. The number of para-hydroxylation sites is 3. The maximum atomic E-state index is 16.8. The average molecular weight is 687 g/mol. The number of benzene rings is 5. The molecule has 0 bridgehead atoms. The molecule has 0 radical (unpaired) electrons. The maximum Gasteiger partial charge on any atom is 0.365 e. The van der Waals surface area contributed by atoms with Gasteiger partial charge in [-0.15, -0.1) is 4.57 Å².